The van der Waals surface area contributed by atoms with Crippen molar-refractivity contribution < 1.29 is 9.59 Å². The Morgan fingerprint density at radius 2 is 1.93 bits per heavy atom. The highest BCUT2D eigenvalue weighted by atomic mass is 32.1. The minimum absolute atomic E-state index is 0.0177. The maximum Gasteiger partial charge on any atom is 0.258 e. The van der Waals surface area contributed by atoms with Crippen molar-refractivity contribution in [1.29, 1.82) is 0 Å². The second-order valence-corrected chi connectivity index (χ2v) is 7.99. The molecule has 1 N–H and O–H groups in total. The summed E-state index contributed by atoms with van der Waals surface area (Å²) < 4.78 is 0. The highest BCUT2D eigenvalue weighted by Gasteiger charge is 2.16. The molecule has 0 aliphatic carbocycles. The number of aryl methyl sites for hydroxylation is 2. The van der Waals surface area contributed by atoms with Crippen molar-refractivity contribution in [1.82, 2.24) is 14.9 Å². The summed E-state index contributed by atoms with van der Waals surface area (Å²) in [6.45, 7) is 4.06. The number of hydrogen-bond acceptors (Lipinski definition) is 5. The molecule has 0 aliphatic rings. The lowest BCUT2D eigenvalue weighted by atomic mass is 10.1. The molecule has 7 heteroatoms. The molecule has 2 aromatic heterocycles. The smallest absolute Gasteiger partial charge is 0.258 e. The Balaban J connectivity index is 1.63. The first-order valence-electron chi connectivity index (χ1n) is 8.67. The summed E-state index contributed by atoms with van der Waals surface area (Å²) in [5.41, 5.74) is 1.07. The number of benzene rings is 1. The number of aromatic amines is 1. The highest BCUT2D eigenvalue weighted by molar-refractivity contribution is 7.12. The van der Waals surface area contributed by atoms with Gasteiger partial charge in [0.15, 0.2) is 5.78 Å². The van der Waals surface area contributed by atoms with E-state index in [1.807, 2.05) is 26.0 Å². The number of rotatable bonds is 6. The van der Waals surface area contributed by atoms with Gasteiger partial charge in [-0.15, -0.1) is 11.3 Å². The van der Waals surface area contributed by atoms with Crippen LogP contribution < -0.4 is 5.56 Å². The summed E-state index contributed by atoms with van der Waals surface area (Å²) >= 11 is 1.58. The molecule has 0 fully saturated rings. The molecule has 0 atom stereocenters. The number of fused-ring (bicyclic) bond motifs is 1. The molecule has 27 heavy (non-hydrogen) atoms. The lowest BCUT2D eigenvalue weighted by molar-refractivity contribution is -0.130. The van der Waals surface area contributed by atoms with E-state index >= 15 is 0 Å². The van der Waals surface area contributed by atoms with E-state index in [0.29, 0.717) is 22.3 Å². The first-order valence-corrected chi connectivity index (χ1v) is 9.49. The van der Waals surface area contributed by atoms with Gasteiger partial charge in [0.2, 0.25) is 5.91 Å². The second kappa shape index (κ2) is 7.84. The molecule has 140 valence electrons. The number of carbonyl (C=O) groups is 2. The number of amides is 1. The van der Waals surface area contributed by atoms with Gasteiger partial charge in [-0.3, -0.25) is 14.4 Å². The van der Waals surface area contributed by atoms with Gasteiger partial charge in [0.25, 0.3) is 5.56 Å². The summed E-state index contributed by atoms with van der Waals surface area (Å²) in [4.78, 5) is 47.5. The van der Waals surface area contributed by atoms with Gasteiger partial charge in [-0.2, -0.15) is 0 Å². The van der Waals surface area contributed by atoms with Crippen molar-refractivity contribution in [2.75, 3.05) is 7.05 Å². The standard InChI is InChI=1S/C20H21N3O3S/c1-12-10-15(13(2)27-12)17(24)8-9-19(25)23(3)11-18-21-16-7-5-4-6-14(16)20(26)22-18/h4-7,10H,8-9,11H2,1-3H3,(H,21,22,26). The van der Waals surface area contributed by atoms with Crippen molar-refractivity contribution >= 4 is 33.9 Å². The first kappa shape index (κ1) is 19.0. The highest BCUT2D eigenvalue weighted by Crippen LogP contribution is 2.22. The molecule has 0 saturated heterocycles. The average Bonchev–Trinajstić information content (AvgIpc) is 2.97. The quantitative estimate of drug-likeness (QED) is 0.663. The van der Waals surface area contributed by atoms with E-state index in [4.69, 9.17) is 0 Å². The van der Waals surface area contributed by atoms with E-state index < -0.39 is 0 Å². The third-order valence-electron chi connectivity index (χ3n) is 4.38. The summed E-state index contributed by atoms with van der Waals surface area (Å²) in [5, 5.41) is 0.516. The van der Waals surface area contributed by atoms with E-state index in [0.717, 1.165) is 9.75 Å². The summed E-state index contributed by atoms with van der Waals surface area (Å²) in [6, 6.07) is 8.94. The molecule has 1 amide bonds. The maximum atomic E-state index is 12.4. The number of Topliss-reactive ketones (excluding diaryl/α,β-unsaturated/α-hetero) is 1. The van der Waals surface area contributed by atoms with Crippen molar-refractivity contribution in [2.24, 2.45) is 0 Å². The molecule has 0 aliphatic heterocycles. The molecule has 3 rings (SSSR count). The van der Waals surface area contributed by atoms with Crippen LogP contribution in [0.1, 0.15) is 38.8 Å². The van der Waals surface area contributed by atoms with Crippen LogP contribution in [-0.2, 0) is 11.3 Å². The fraction of sp³-hybridized carbons (Fsp3) is 0.300. The van der Waals surface area contributed by atoms with Crippen LogP contribution in [0.3, 0.4) is 0 Å². The Bertz CT molecular complexity index is 1070. The fourth-order valence-electron chi connectivity index (χ4n) is 2.98. The molecule has 3 aromatic rings. The first-order chi connectivity index (χ1) is 12.8. The third-order valence-corrected chi connectivity index (χ3v) is 5.35. The maximum absolute atomic E-state index is 12.4. The minimum atomic E-state index is -0.227. The topological polar surface area (TPSA) is 83.1 Å². The Hall–Kier alpha value is -2.80. The number of hydrogen-bond donors (Lipinski definition) is 1. The largest absolute Gasteiger partial charge is 0.338 e. The van der Waals surface area contributed by atoms with E-state index in [1.54, 1.807) is 36.6 Å². The van der Waals surface area contributed by atoms with Crippen LogP contribution in [0.2, 0.25) is 0 Å². The minimum Gasteiger partial charge on any atom is -0.338 e. The van der Waals surface area contributed by atoms with Crippen LogP contribution in [0.25, 0.3) is 10.9 Å². The molecule has 0 unspecified atom stereocenters. The van der Waals surface area contributed by atoms with E-state index in [9.17, 15) is 14.4 Å². The summed E-state index contributed by atoms with van der Waals surface area (Å²) in [5.74, 6) is 0.241. The van der Waals surface area contributed by atoms with Crippen LogP contribution in [0.4, 0.5) is 0 Å². The molecule has 6 nitrogen and oxygen atoms in total. The summed E-state index contributed by atoms with van der Waals surface area (Å²) in [6.07, 6.45) is 0.295. The number of aromatic nitrogens is 2. The molecular weight excluding hydrogens is 362 g/mol. The van der Waals surface area contributed by atoms with Crippen molar-refractivity contribution in [2.45, 2.75) is 33.2 Å². The SMILES string of the molecule is Cc1cc(C(=O)CCC(=O)N(C)Cc2nc3ccccc3c(=O)[nH]2)c(C)s1. The van der Waals surface area contributed by atoms with Crippen LogP contribution >= 0.6 is 11.3 Å². The fourth-order valence-corrected chi connectivity index (χ4v) is 3.92. The zero-order valence-electron chi connectivity index (χ0n) is 15.5. The molecule has 0 bridgehead atoms. The second-order valence-electron chi connectivity index (χ2n) is 6.53. The van der Waals surface area contributed by atoms with Crippen LogP contribution in [0.15, 0.2) is 35.1 Å². The summed E-state index contributed by atoms with van der Waals surface area (Å²) in [7, 11) is 1.64. The van der Waals surface area contributed by atoms with Crippen LogP contribution in [0.5, 0.6) is 0 Å². The predicted molar refractivity (Wildman–Crippen MR) is 106 cm³/mol. The number of nitrogens with one attached hydrogen (secondary N) is 1. The number of nitrogens with zero attached hydrogens (tertiary/aromatic N) is 2. The number of H-pyrrole nitrogens is 1. The Labute approximate surface area is 160 Å². The monoisotopic (exact) mass is 383 g/mol. The lowest BCUT2D eigenvalue weighted by Crippen LogP contribution is -2.28. The predicted octanol–water partition coefficient (Wildman–Crippen LogP) is 3.22. The van der Waals surface area contributed by atoms with E-state index in [1.165, 1.54) is 4.90 Å². The number of para-hydroxylation sites is 1. The molecule has 0 saturated carbocycles. The molecular formula is C20H21N3O3S. The number of carbonyl (C=O) groups excluding carboxylic acids is 2. The lowest BCUT2D eigenvalue weighted by Gasteiger charge is -2.16. The van der Waals surface area contributed by atoms with Gasteiger partial charge in [0.1, 0.15) is 5.82 Å². The van der Waals surface area contributed by atoms with Gasteiger partial charge >= 0.3 is 0 Å². The van der Waals surface area contributed by atoms with Crippen molar-refractivity contribution in [3.63, 3.8) is 0 Å². The van der Waals surface area contributed by atoms with Gasteiger partial charge in [-0.1, -0.05) is 12.1 Å². The zero-order valence-corrected chi connectivity index (χ0v) is 16.4. The molecule has 0 radical (unpaired) electrons. The third kappa shape index (κ3) is 4.31. The average molecular weight is 383 g/mol. The van der Waals surface area contributed by atoms with Gasteiger partial charge in [0.05, 0.1) is 17.4 Å². The van der Waals surface area contributed by atoms with Gasteiger partial charge in [-0.25, -0.2) is 4.98 Å². The molecule has 2 heterocycles. The van der Waals surface area contributed by atoms with E-state index in [-0.39, 0.29) is 36.6 Å². The number of ketones is 1. The Morgan fingerprint density at radius 1 is 1.19 bits per heavy atom. The van der Waals surface area contributed by atoms with Gasteiger partial charge < -0.3 is 9.88 Å². The Kier molecular flexibility index (Phi) is 5.51. The van der Waals surface area contributed by atoms with Crippen LogP contribution in [-0.4, -0.2) is 33.6 Å². The zero-order chi connectivity index (χ0) is 19.6. The van der Waals surface area contributed by atoms with Gasteiger partial charge in [0, 0.05) is 35.2 Å². The normalized spacial score (nSPS) is 10.9. The van der Waals surface area contributed by atoms with Crippen LogP contribution in [0, 0.1) is 13.8 Å². The number of thiophene rings is 1. The molecule has 1 aromatic carbocycles. The molecule has 0 spiro atoms. The Morgan fingerprint density at radius 3 is 2.63 bits per heavy atom. The van der Waals surface area contributed by atoms with Crippen molar-refractivity contribution in [3.05, 3.63) is 61.8 Å². The van der Waals surface area contributed by atoms with Gasteiger partial charge in [-0.05, 0) is 32.0 Å². The van der Waals surface area contributed by atoms with E-state index in [2.05, 4.69) is 9.97 Å². The van der Waals surface area contributed by atoms with Crippen molar-refractivity contribution in [3.8, 4) is 0 Å².